The van der Waals surface area contributed by atoms with E-state index < -0.39 is 0 Å². The molecule has 112 valence electrons. The third-order valence-electron chi connectivity index (χ3n) is 4.72. The topological polar surface area (TPSA) is 44.5 Å². The van der Waals surface area contributed by atoms with Crippen LogP contribution < -0.4 is 15.2 Å². The van der Waals surface area contributed by atoms with E-state index in [1.165, 1.54) is 18.4 Å². The van der Waals surface area contributed by atoms with Crippen molar-refractivity contribution < 1.29 is 9.47 Å². The first-order valence-electron chi connectivity index (χ1n) is 7.54. The summed E-state index contributed by atoms with van der Waals surface area (Å²) >= 11 is 0. The molecule has 3 heteroatoms. The van der Waals surface area contributed by atoms with Gasteiger partial charge in [0.1, 0.15) is 0 Å². The molecule has 0 radical (unpaired) electrons. The molecular formula is C17H27NO2. The summed E-state index contributed by atoms with van der Waals surface area (Å²) in [5, 5.41) is 0. The van der Waals surface area contributed by atoms with Crippen LogP contribution >= 0.6 is 0 Å². The van der Waals surface area contributed by atoms with Crippen LogP contribution in [-0.2, 0) is 0 Å². The number of rotatable bonds is 4. The van der Waals surface area contributed by atoms with E-state index in [1.807, 2.05) is 6.07 Å². The van der Waals surface area contributed by atoms with E-state index in [9.17, 15) is 0 Å². The summed E-state index contributed by atoms with van der Waals surface area (Å²) in [6.45, 7) is 4.63. The zero-order chi connectivity index (χ0) is 14.7. The van der Waals surface area contributed by atoms with Crippen LogP contribution in [0.3, 0.4) is 0 Å². The zero-order valence-electron chi connectivity index (χ0n) is 13.1. The van der Waals surface area contributed by atoms with Crippen LogP contribution in [0.1, 0.15) is 44.6 Å². The van der Waals surface area contributed by atoms with Crippen molar-refractivity contribution in [2.45, 2.75) is 45.1 Å². The van der Waals surface area contributed by atoms with E-state index in [-0.39, 0.29) is 6.04 Å². The molecule has 0 amide bonds. The molecule has 0 aliphatic heterocycles. The van der Waals surface area contributed by atoms with Gasteiger partial charge in [-0.05, 0) is 54.7 Å². The minimum atomic E-state index is 0.253. The lowest BCUT2D eigenvalue weighted by Gasteiger charge is -2.36. The molecule has 20 heavy (non-hydrogen) atoms. The second-order valence-electron chi connectivity index (χ2n) is 6.20. The number of methoxy groups -OCH3 is 2. The van der Waals surface area contributed by atoms with Crippen molar-refractivity contribution in [3.05, 3.63) is 23.8 Å². The lowest BCUT2D eigenvalue weighted by molar-refractivity contribution is 0.232. The van der Waals surface area contributed by atoms with Gasteiger partial charge in [-0.3, -0.25) is 0 Å². The monoisotopic (exact) mass is 277 g/mol. The van der Waals surface area contributed by atoms with Crippen molar-refractivity contribution in [2.75, 3.05) is 14.2 Å². The first-order chi connectivity index (χ1) is 9.56. The summed E-state index contributed by atoms with van der Waals surface area (Å²) in [7, 11) is 3.35. The van der Waals surface area contributed by atoms with Crippen LogP contribution in [0.15, 0.2) is 18.2 Å². The van der Waals surface area contributed by atoms with Crippen LogP contribution in [0.2, 0.25) is 0 Å². The van der Waals surface area contributed by atoms with Gasteiger partial charge in [0.15, 0.2) is 11.5 Å². The molecule has 3 unspecified atom stereocenters. The van der Waals surface area contributed by atoms with Gasteiger partial charge in [-0.25, -0.2) is 0 Å². The standard InChI is InChI=1S/C17H27NO2/c1-11(2)12-5-7-15(18)14(9-12)13-6-8-16(19-3)17(10-13)20-4/h6,8,10-12,14-15H,5,7,9,18H2,1-4H3. The van der Waals surface area contributed by atoms with Crippen molar-refractivity contribution in [2.24, 2.45) is 17.6 Å². The Morgan fingerprint density at radius 2 is 1.80 bits per heavy atom. The van der Waals surface area contributed by atoms with Crippen molar-refractivity contribution in [3.63, 3.8) is 0 Å². The van der Waals surface area contributed by atoms with E-state index in [4.69, 9.17) is 15.2 Å². The number of hydrogen-bond donors (Lipinski definition) is 1. The molecule has 1 aliphatic carbocycles. The fourth-order valence-corrected chi connectivity index (χ4v) is 3.30. The van der Waals surface area contributed by atoms with Gasteiger partial charge in [0, 0.05) is 6.04 Å². The van der Waals surface area contributed by atoms with Crippen molar-refractivity contribution in [1.82, 2.24) is 0 Å². The third kappa shape index (κ3) is 3.09. The molecule has 0 bridgehead atoms. The van der Waals surface area contributed by atoms with Gasteiger partial charge in [-0.15, -0.1) is 0 Å². The Kier molecular flexibility index (Phi) is 4.92. The highest BCUT2D eigenvalue weighted by Gasteiger charge is 2.31. The van der Waals surface area contributed by atoms with Gasteiger partial charge in [0.2, 0.25) is 0 Å². The summed E-state index contributed by atoms with van der Waals surface area (Å²) in [5.41, 5.74) is 7.64. The van der Waals surface area contributed by atoms with Gasteiger partial charge in [-0.2, -0.15) is 0 Å². The van der Waals surface area contributed by atoms with Crippen LogP contribution in [-0.4, -0.2) is 20.3 Å². The zero-order valence-corrected chi connectivity index (χ0v) is 13.1. The SMILES string of the molecule is COc1ccc(C2CC(C(C)C)CCC2N)cc1OC. The summed E-state index contributed by atoms with van der Waals surface area (Å²) in [6, 6.07) is 6.46. The second-order valence-corrected chi connectivity index (χ2v) is 6.20. The normalized spacial score (nSPS) is 26.6. The molecule has 0 spiro atoms. The summed E-state index contributed by atoms with van der Waals surface area (Å²) in [5.74, 6) is 3.50. The number of hydrogen-bond acceptors (Lipinski definition) is 3. The van der Waals surface area contributed by atoms with Crippen molar-refractivity contribution in [3.8, 4) is 11.5 Å². The Morgan fingerprint density at radius 1 is 1.10 bits per heavy atom. The fourth-order valence-electron chi connectivity index (χ4n) is 3.30. The van der Waals surface area contributed by atoms with Crippen molar-refractivity contribution >= 4 is 0 Å². The van der Waals surface area contributed by atoms with Crippen LogP contribution in [0, 0.1) is 11.8 Å². The number of nitrogens with two attached hydrogens (primary N) is 1. The minimum absolute atomic E-state index is 0.253. The van der Waals surface area contributed by atoms with Crippen LogP contribution in [0.4, 0.5) is 0 Å². The summed E-state index contributed by atoms with van der Waals surface area (Å²) < 4.78 is 10.7. The molecule has 1 fully saturated rings. The molecule has 0 heterocycles. The van der Waals surface area contributed by atoms with Crippen LogP contribution in [0.25, 0.3) is 0 Å². The maximum atomic E-state index is 6.36. The Labute approximate surface area is 122 Å². The molecule has 0 saturated heterocycles. The predicted octanol–water partition coefficient (Wildman–Crippen LogP) is 3.57. The molecule has 3 atom stereocenters. The Bertz CT molecular complexity index is 445. The van der Waals surface area contributed by atoms with Gasteiger partial charge in [-0.1, -0.05) is 19.9 Å². The van der Waals surface area contributed by atoms with E-state index in [1.54, 1.807) is 14.2 Å². The van der Waals surface area contributed by atoms with E-state index in [0.717, 1.165) is 29.8 Å². The molecule has 1 saturated carbocycles. The molecule has 0 aromatic heterocycles. The Morgan fingerprint density at radius 3 is 2.40 bits per heavy atom. The average Bonchev–Trinajstić information content (AvgIpc) is 2.46. The smallest absolute Gasteiger partial charge is 0.160 e. The highest BCUT2D eigenvalue weighted by molar-refractivity contribution is 5.44. The Balaban J connectivity index is 2.24. The summed E-state index contributed by atoms with van der Waals surface area (Å²) in [4.78, 5) is 0. The molecule has 1 aromatic carbocycles. The van der Waals surface area contributed by atoms with E-state index >= 15 is 0 Å². The molecule has 2 rings (SSSR count). The van der Waals surface area contributed by atoms with Crippen LogP contribution in [0.5, 0.6) is 11.5 Å². The highest BCUT2D eigenvalue weighted by Crippen LogP contribution is 2.41. The molecule has 1 aromatic rings. The molecule has 1 aliphatic rings. The first-order valence-corrected chi connectivity index (χ1v) is 7.54. The van der Waals surface area contributed by atoms with Crippen molar-refractivity contribution in [1.29, 1.82) is 0 Å². The fraction of sp³-hybridized carbons (Fsp3) is 0.647. The quantitative estimate of drug-likeness (QED) is 0.915. The molecular weight excluding hydrogens is 250 g/mol. The maximum absolute atomic E-state index is 6.36. The minimum Gasteiger partial charge on any atom is -0.493 e. The number of ether oxygens (including phenoxy) is 2. The number of benzene rings is 1. The average molecular weight is 277 g/mol. The van der Waals surface area contributed by atoms with Gasteiger partial charge in [0.25, 0.3) is 0 Å². The predicted molar refractivity (Wildman–Crippen MR) is 82.4 cm³/mol. The van der Waals surface area contributed by atoms with Gasteiger partial charge < -0.3 is 15.2 Å². The summed E-state index contributed by atoms with van der Waals surface area (Å²) in [6.07, 6.45) is 3.54. The first kappa shape index (κ1) is 15.2. The lowest BCUT2D eigenvalue weighted by Crippen LogP contribution is -2.35. The van der Waals surface area contributed by atoms with Gasteiger partial charge in [0.05, 0.1) is 14.2 Å². The molecule has 2 N–H and O–H groups in total. The Hall–Kier alpha value is -1.22. The maximum Gasteiger partial charge on any atom is 0.160 e. The van der Waals surface area contributed by atoms with E-state index in [0.29, 0.717) is 5.92 Å². The second kappa shape index (κ2) is 6.49. The van der Waals surface area contributed by atoms with Gasteiger partial charge >= 0.3 is 0 Å². The van der Waals surface area contributed by atoms with E-state index in [2.05, 4.69) is 26.0 Å². The highest BCUT2D eigenvalue weighted by atomic mass is 16.5. The lowest BCUT2D eigenvalue weighted by atomic mass is 9.71. The largest absolute Gasteiger partial charge is 0.493 e. The molecule has 3 nitrogen and oxygen atoms in total. The third-order valence-corrected chi connectivity index (χ3v) is 4.72.